The van der Waals surface area contributed by atoms with Gasteiger partial charge in [-0.05, 0) is 54.3 Å². The van der Waals surface area contributed by atoms with E-state index in [9.17, 15) is 9.59 Å². The molecule has 0 atom stereocenters. The summed E-state index contributed by atoms with van der Waals surface area (Å²) in [6.45, 7) is 8.00. The number of fused-ring (bicyclic) bond motifs is 2. The van der Waals surface area contributed by atoms with E-state index in [2.05, 4.69) is 25.6 Å². The number of carbonyl (C=O) groups is 2. The number of hydrogen-bond acceptors (Lipinski definition) is 5. The molecule has 0 aliphatic heterocycles. The van der Waals surface area contributed by atoms with Crippen molar-refractivity contribution in [1.29, 1.82) is 0 Å². The van der Waals surface area contributed by atoms with Gasteiger partial charge in [0.15, 0.2) is 0 Å². The molecule has 6 rings (SSSR count). The van der Waals surface area contributed by atoms with Crippen LogP contribution in [0.1, 0.15) is 61.4 Å². The Labute approximate surface area is 245 Å². The Hall–Kier alpha value is -5.24. The maximum absolute atomic E-state index is 13.1. The lowest BCUT2D eigenvalue weighted by atomic mass is 10.1. The van der Waals surface area contributed by atoms with Crippen LogP contribution in [0.2, 0.25) is 0 Å². The van der Waals surface area contributed by atoms with Crippen molar-refractivity contribution in [3.8, 4) is 5.75 Å². The van der Waals surface area contributed by atoms with E-state index in [1.807, 2.05) is 94.4 Å². The minimum atomic E-state index is -0.395. The van der Waals surface area contributed by atoms with Crippen molar-refractivity contribution in [2.45, 2.75) is 40.5 Å². The summed E-state index contributed by atoms with van der Waals surface area (Å²) in [6.07, 6.45) is 6.70. The Morgan fingerprint density at radius 3 is 2.26 bits per heavy atom. The summed E-state index contributed by atoms with van der Waals surface area (Å²) in [4.78, 5) is 37.8. The molecule has 2 amide bonds. The van der Waals surface area contributed by atoms with Crippen LogP contribution in [0.25, 0.3) is 21.8 Å². The molecule has 1 aliphatic rings. The third kappa shape index (κ3) is 7.09. The standard InChI is InChI=1S/C30H23N5O3.2C2H6/c36-28(32-21-13-15-23(16-14-21)38-22-9-2-1-3-10-22)24-11-6-12-25-27(24)34-30(33-25)35-29(37)26-17-19-7-4-5-8-20(19)18-31-26;2*1-2/h1-13,15,17-18H,14,16H2,(H,32,36)(H2,33,34,35,37);2*1-2H3. The van der Waals surface area contributed by atoms with E-state index >= 15 is 0 Å². The van der Waals surface area contributed by atoms with Gasteiger partial charge >= 0.3 is 0 Å². The summed E-state index contributed by atoms with van der Waals surface area (Å²) in [6, 6.07) is 24.3. The number of benzene rings is 3. The summed E-state index contributed by atoms with van der Waals surface area (Å²) in [5.74, 6) is 1.19. The van der Waals surface area contributed by atoms with Gasteiger partial charge in [0.05, 0.1) is 11.1 Å². The van der Waals surface area contributed by atoms with E-state index in [1.165, 1.54) is 0 Å². The molecule has 8 heteroatoms. The molecule has 0 radical (unpaired) electrons. The number of carbonyl (C=O) groups excluding carboxylic acids is 2. The largest absolute Gasteiger partial charge is 0.462 e. The van der Waals surface area contributed by atoms with Gasteiger partial charge in [-0.3, -0.25) is 19.9 Å². The maximum Gasteiger partial charge on any atom is 0.276 e. The lowest BCUT2D eigenvalue weighted by Crippen LogP contribution is -2.24. The van der Waals surface area contributed by atoms with Crippen LogP contribution in [-0.2, 0) is 0 Å². The Kier molecular flexibility index (Phi) is 10.2. The minimum Gasteiger partial charge on any atom is -0.462 e. The third-order valence-electron chi connectivity index (χ3n) is 6.23. The van der Waals surface area contributed by atoms with E-state index in [4.69, 9.17) is 4.74 Å². The fraction of sp³-hybridized carbons (Fsp3) is 0.176. The Morgan fingerprint density at radius 1 is 0.786 bits per heavy atom. The maximum atomic E-state index is 13.1. The molecule has 0 bridgehead atoms. The number of pyridine rings is 1. The second-order valence-electron chi connectivity index (χ2n) is 8.85. The molecular formula is C34H35N5O3. The van der Waals surface area contributed by atoms with Gasteiger partial charge in [-0.15, -0.1) is 0 Å². The van der Waals surface area contributed by atoms with E-state index in [-0.39, 0.29) is 17.5 Å². The molecule has 2 heterocycles. The molecule has 3 N–H and O–H groups in total. The molecular weight excluding hydrogens is 526 g/mol. The van der Waals surface area contributed by atoms with Gasteiger partial charge in [-0.2, -0.15) is 0 Å². The van der Waals surface area contributed by atoms with Crippen molar-refractivity contribution >= 4 is 39.6 Å². The van der Waals surface area contributed by atoms with Gasteiger partial charge in [0.2, 0.25) is 5.95 Å². The highest BCUT2D eigenvalue weighted by Crippen LogP contribution is 2.23. The number of aromatic nitrogens is 3. The summed E-state index contributed by atoms with van der Waals surface area (Å²) in [7, 11) is 0. The van der Waals surface area contributed by atoms with E-state index in [1.54, 1.807) is 30.5 Å². The smallest absolute Gasteiger partial charge is 0.276 e. The van der Waals surface area contributed by atoms with Crippen LogP contribution in [0.3, 0.4) is 0 Å². The van der Waals surface area contributed by atoms with Crippen LogP contribution in [0.5, 0.6) is 5.75 Å². The van der Waals surface area contributed by atoms with Crippen LogP contribution >= 0.6 is 0 Å². The van der Waals surface area contributed by atoms with Crippen molar-refractivity contribution in [1.82, 2.24) is 20.3 Å². The lowest BCUT2D eigenvalue weighted by molar-refractivity contribution is 0.0964. The number of hydrogen-bond donors (Lipinski definition) is 3. The van der Waals surface area contributed by atoms with Crippen LogP contribution in [0.4, 0.5) is 5.95 Å². The highest BCUT2D eigenvalue weighted by atomic mass is 16.5. The molecule has 5 aromatic rings. The normalized spacial score (nSPS) is 12.1. The number of anilines is 1. The Balaban J connectivity index is 0.000000972. The zero-order valence-corrected chi connectivity index (χ0v) is 24.3. The van der Waals surface area contributed by atoms with Gasteiger partial charge in [-0.1, -0.05) is 76.2 Å². The SMILES string of the molecule is CC.CC.O=C(Nc1nc2c(C(=O)NC3=CC=C(Oc4ccccc4)CC3)cccc2[nH]1)c1cc2ccccc2cn1. The van der Waals surface area contributed by atoms with Gasteiger partial charge in [0.1, 0.15) is 22.7 Å². The summed E-state index contributed by atoms with van der Waals surface area (Å²) < 4.78 is 5.89. The molecule has 0 fully saturated rings. The average Bonchev–Trinajstić information content (AvgIpc) is 3.46. The number of ether oxygens (including phenoxy) is 1. The molecule has 3 aromatic carbocycles. The number of rotatable bonds is 6. The highest BCUT2D eigenvalue weighted by Gasteiger charge is 2.18. The average molecular weight is 562 g/mol. The molecule has 0 unspecified atom stereocenters. The predicted octanol–water partition coefficient (Wildman–Crippen LogP) is 7.79. The van der Waals surface area contributed by atoms with E-state index < -0.39 is 5.91 Å². The van der Waals surface area contributed by atoms with Gasteiger partial charge < -0.3 is 15.0 Å². The molecule has 2 aromatic heterocycles. The third-order valence-corrected chi connectivity index (χ3v) is 6.23. The van der Waals surface area contributed by atoms with E-state index in [0.717, 1.165) is 28.0 Å². The first-order chi connectivity index (χ1) is 20.6. The minimum absolute atomic E-state index is 0.239. The van der Waals surface area contributed by atoms with Crippen LogP contribution in [-0.4, -0.2) is 26.8 Å². The Morgan fingerprint density at radius 2 is 1.52 bits per heavy atom. The highest BCUT2D eigenvalue weighted by molar-refractivity contribution is 6.08. The number of nitrogens with zero attached hydrogens (tertiary/aromatic N) is 2. The number of aromatic amines is 1. The number of imidazole rings is 1. The molecule has 8 nitrogen and oxygen atoms in total. The number of para-hydroxylation sites is 2. The molecule has 1 aliphatic carbocycles. The van der Waals surface area contributed by atoms with Crippen molar-refractivity contribution in [2.75, 3.05) is 5.32 Å². The first kappa shape index (κ1) is 29.7. The van der Waals surface area contributed by atoms with Crippen LogP contribution in [0.15, 0.2) is 109 Å². The van der Waals surface area contributed by atoms with Crippen LogP contribution in [0, 0.1) is 0 Å². The molecule has 0 saturated carbocycles. The van der Waals surface area contributed by atoms with Crippen molar-refractivity contribution < 1.29 is 14.3 Å². The zero-order valence-electron chi connectivity index (χ0n) is 24.3. The number of H-pyrrole nitrogens is 1. The van der Waals surface area contributed by atoms with Gasteiger partial charge in [-0.25, -0.2) is 4.98 Å². The monoisotopic (exact) mass is 561 g/mol. The molecule has 42 heavy (non-hydrogen) atoms. The van der Waals surface area contributed by atoms with Crippen molar-refractivity contribution in [3.63, 3.8) is 0 Å². The predicted molar refractivity (Wildman–Crippen MR) is 168 cm³/mol. The molecule has 0 saturated heterocycles. The van der Waals surface area contributed by atoms with Crippen molar-refractivity contribution in [2.24, 2.45) is 0 Å². The lowest BCUT2D eigenvalue weighted by Gasteiger charge is -2.16. The van der Waals surface area contributed by atoms with E-state index in [0.29, 0.717) is 29.4 Å². The number of amides is 2. The fourth-order valence-corrected chi connectivity index (χ4v) is 4.31. The first-order valence-electron chi connectivity index (χ1n) is 14.2. The molecule has 214 valence electrons. The molecule has 0 spiro atoms. The summed E-state index contributed by atoms with van der Waals surface area (Å²) in [5, 5.41) is 7.60. The second kappa shape index (κ2) is 14.4. The Bertz CT molecular complexity index is 1740. The fourth-order valence-electron chi connectivity index (χ4n) is 4.31. The zero-order chi connectivity index (χ0) is 29.9. The van der Waals surface area contributed by atoms with Gasteiger partial charge in [0, 0.05) is 23.7 Å². The second-order valence-corrected chi connectivity index (χ2v) is 8.85. The summed E-state index contributed by atoms with van der Waals surface area (Å²) in [5.41, 5.74) is 2.57. The quantitative estimate of drug-likeness (QED) is 0.196. The summed E-state index contributed by atoms with van der Waals surface area (Å²) >= 11 is 0. The van der Waals surface area contributed by atoms with Crippen LogP contribution < -0.4 is 15.4 Å². The topological polar surface area (TPSA) is 109 Å². The number of nitrogens with one attached hydrogen (secondary N) is 3. The van der Waals surface area contributed by atoms with Crippen molar-refractivity contribution in [3.05, 3.63) is 120 Å². The van der Waals surface area contributed by atoms with Gasteiger partial charge in [0.25, 0.3) is 11.8 Å². The number of allylic oxidation sites excluding steroid dienone is 4. The first-order valence-corrected chi connectivity index (χ1v) is 14.2.